The van der Waals surface area contributed by atoms with Crippen molar-refractivity contribution in [3.05, 3.63) is 24.0 Å². The fraction of sp³-hybridized carbons (Fsp3) is 0.533. The molecular formula is C15H22FNO3. The summed E-state index contributed by atoms with van der Waals surface area (Å²) < 4.78 is 23.9. The average Bonchev–Trinajstić information content (AvgIpc) is 2.30. The summed E-state index contributed by atoms with van der Waals surface area (Å²) in [6.45, 7) is 8.07. The molecule has 0 aliphatic carbocycles. The van der Waals surface area contributed by atoms with Crippen LogP contribution in [0.5, 0.6) is 5.75 Å². The fourth-order valence-electron chi connectivity index (χ4n) is 1.58. The molecular weight excluding hydrogens is 261 g/mol. The normalized spacial score (nSPS) is 11.1. The third-order valence-corrected chi connectivity index (χ3v) is 2.31. The maximum absolute atomic E-state index is 13.6. The number of hydrogen-bond acceptors (Lipinski definition) is 4. The van der Waals surface area contributed by atoms with E-state index >= 15 is 0 Å². The first-order valence-electron chi connectivity index (χ1n) is 6.70. The third kappa shape index (κ3) is 5.91. The van der Waals surface area contributed by atoms with Crippen molar-refractivity contribution < 1.29 is 18.7 Å². The van der Waals surface area contributed by atoms with Crippen LogP contribution in [0.2, 0.25) is 0 Å². The van der Waals surface area contributed by atoms with Crippen LogP contribution in [0.1, 0.15) is 34.1 Å². The summed E-state index contributed by atoms with van der Waals surface area (Å²) in [7, 11) is 0. The van der Waals surface area contributed by atoms with E-state index in [0.29, 0.717) is 18.8 Å². The van der Waals surface area contributed by atoms with Crippen LogP contribution < -0.4 is 10.1 Å². The summed E-state index contributed by atoms with van der Waals surface area (Å²) in [4.78, 5) is 11.5. The number of rotatable bonds is 6. The Balaban J connectivity index is 2.43. The van der Waals surface area contributed by atoms with Gasteiger partial charge in [0.25, 0.3) is 0 Å². The van der Waals surface area contributed by atoms with Crippen molar-refractivity contribution in [3.8, 4) is 5.75 Å². The van der Waals surface area contributed by atoms with Gasteiger partial charge in [-0.15, -0.1) is 0 Å². The first-order chi connectivity index (χ1) is 9.31. The smallest absolute Gasteiger partial charge is 0.308 e. The van der Waals surface area contributed by atoms with Crippen LogP contribution in [0.3, 0.4) is 0 Å². The number of carbonyl (C=O) groups excluding carboxylic acids is 1. The number of carbonyl (C=O) groups is 1. The summed E-state index contributed by atoms with van der Waals surface area (Å²) in [5.74, 6) is -0.476. The van der Waals surface area contributed by atoms with Crippen molar-refractivity contribution in [1.82, 2.24) is 0 Å². The molecule has 0 spiro atoms. The molecule has 20 heavy (non-hydrogen) atoms. The van der Waals surface area contributed by atoms with E-state index in [1.165, 1.54) is 6.07 Å². The fourth-order valence-corrected chi connectivity index (χ4v) is 1.58. The van der Waals surface area contributed by atoms with Crippen LogP contribution >= 0.6 is 0 Å². The van der Waals surface area contributed by atoms with Gasteiger partial charge < -0.3 is 14.8 Å². The minimum absolute atomic E-state index is 0.227. The summed E-state index contributed by atoms with van der Waals surface area (Å²) in [5.41, 5.74) is 0.122. The number of ether oxygens (including phenoxy) is 2. The second-order valence-electron chi connectivity index (χ2n) is 5.34. The highest BCUT2D eigenvalue weighted by Gasteiger charge is 2.15. The van der Waals surface area contributed by atoms with E-state index in [4.69, 9.17) is 9.47 Å². The lowest BCUT2D eigenvalue weighted by atomic mass is 10.2. The van der Waals surface area contributed by atoms with Gasteiger partial charge in [0.15, 0.2) is 11.6 Å². The zero-order chi connectivity index (χ0) is 15.2. The lowest BCUT2D eigenvalue weighted by Gasteiger charge is -2.19. The number of hydrogen-bond donors (Lipinski definition) is 1. The van der Waals surface area contributed by atoms with Gasteiger partial charge in [-0.3, -0.25) is 4.79 Å². The van der Waals surface area contributed by atoms with Gasteiger partial charge in [-0.2, -0.15) is 0 Å². The lowest BCUT2D eigenvalue weighted by Crippen LogP contribution is -2.25. The minimum Gasteiger partial charge on any atom is -0.491 e. The Hall–Kier alpha value is -1.78. The monoisotopic (exact) mass is 283 g/mol. The Morgan fingerprint density at radius 3 is 2.60 bits per heavy atom. The van der Waals surface area contributed by atoms with Gasteiger partial charge in [0.05, 0.1) is 13.0 Å². The second kappa shape index (κ2) is 7.12. The molecule has 0 aromatic heterocycles. The van der Waals surface area contributed by atoms with Crippen molar-refractivity contribution in [1.29, 1.82) is 0 Å². The Labute approximate surface area is 119 Å². The highest BCUT2D eigenvalue weighted by Crippen LogP contribution is 2.21. The van der Waals surface area contributed by atoms with Crippen molar-refractivity contribution >= 4 is 11.7 Å². The molecule has 0 bridgehead atoms. The van der Waals surface area contributed by atoms with E-state index in [-0.39, 0.29) is 18.1 Å². The molecule has 0 atom stereocenters. The first-order valence-corrected chi connectivity index (χ1v) is 6.70. The molecule has 0 saturated heterocycles. The lowest BCUT2D eigenvalue weighted by molar-refractivity contribution is -0.154. The van der Waals surface area contributed by atoms with Gasteiger partial charge in [0, 0.05) is 18.3 Å². The Kier molecular flexibility index (Phi) is 5.80. The molecule has 0 amide bonds. The van der Waals surface area contributed by atoms with Crippen molar-refractivity contribution in [3.63, 3.8) is 0 Å². The van der Waals surface area contributed by atoms with Gasteiger partial charge in [0.1, 0.15) is 5.60 Å². The van der Waals surface area contributed by atoms with Gasteiger partial charge in [0.2, 0.25) is 0 Å². The standard InChI is InChI=1S/C15H22FNO3/c1-5-19-13-7-6-11(10-12(13)16)17-9-8-14(18)20-15(2,3)4/h6-7,10,17H,5,8-9H2,1-4H3. The largest absolute Gasteiger partial charge is 0.491 e. The Bertz CT molecular complexity index is 455. The number of anilines is 1. The van der Waals surface area contributed by atoms with E-state index in [0.717, 1.165) is 0 Å². The van der Waals surface area contributed by atoms with Gasteiger partial charge in [-0.05, 0) is 39.8 Å². The van der Waals surface area contributed by atoms with E-state index < -0.39 is 11.4 Å². The molecule has 112 valence electrons. The highest BCUT2D eigenvalue weighted by molar-refractivity contribution is 5.70. The topological polar surface area (TPSA) is 47.6 Å². The average molecular weight is 283 g/mol. The molecule has 0 aliphatic heterocycles. The molecule has 1 rings (SSSR count). The molecule has 0 saturated carbocycles. The molecule has 0 radical (unpaired) electrons. The molecule has 0 heterocycles. The number of halogens is 1. The first kappa shape index (κ1) is 16.3. The summed E-state index contributed by atoms with van der Waals surface area (Å²) in [5, 5.41) is 2.98. The minimum atomic E-state index is -0.484. The zero-order valence-electron chi connectivity index (χ0n) is 12.5. The molecule has 1 aromatic rings. The van der Waals surface area contributed by atoms with E-state index in [1.807, 2.05) is 20.8 Å². The van der Waals surface area contributed by atoms with Crippen LogP contribution in [0.15, 0.2) is 18.2 Å². The van der Waals surface area contributed by atoms with Crippen molar-refractivity contribution in [2.24, 2.45) is 0 Å². The van der Waals surface area contributed by atoms with Crippen molar-refractivity contribution in [2.75, 3.05) is 18.5 Å². The molecule has 0 unspecified atom stereocenters. The predicted molar refractivity (Wildman–Crippen MR) is 76.5 cm³/mol. The molecule has 5 heteroatoms. The maximum Gasteiger partial charge on any atom is 0.308 e. The predicted octanol–water partition coefficient (Wildman–Crippen LogP) is 3.37. The molecule has 0 aliphatic rings. The zero-order valence-corrected chi connectivity index (χ0v) is 12.5. The Morgan fingerprint density at radius 2 is 2.05 bits per heavy atom. The summed E-state index contributed by atoms with van der Waals surface area (Å²) in [6, 6.07) is 4.62. The molecule has 1 aromatic carbocycles. The van der Waals surface area contributed by atoms with Gasteiger partial charge in [-0.25, -0.2) is 4.39 Å². The van der Waals surface area contributed by atoms with Crippen LogP contribution in [0, 0.1) is 5.82 Å². The van der Waals surface area contributed by atoms with Crippen LogP contribution in [0.25, 0.3) is 0 Å². The molecule has 4 nitrogen and oxygen atoms in total. The summed E-state index contributed by atoms with van der Waals surface area (Å²) in [6.07, 6.45) is 0.228. The second-order valence-corrected chi connectivity index (χ2v) is 5.34. The molecule has 0 fully saturated rings. The number of esters is 1. The number of benzene rings is 1. The number of nitrogens with one attached hydrogen (secondary N) is 1. The SMILES string of the molecule is CCOc1ccc(NCCC(=O)OC(C)(C)C)cc1F. The van der Waals surface area contributed by atoms with Gasteiger partial charge in [-0.1, -0.05) is 0 Å². The maximum atomic E-state index is 13.6. The summed E-state index contributed by atoms with van der Waals surface area (Å²) >= 11 is 0. The van der Waals surface area contributed by atoms with Crippen LogP contribution in [0.4, 0.5) is 10.1 Å². The van der Waals surface area contributed by atoms with E-state index in [2.05, 4.69) is 5.32 Å². The molecule has 1 N–H and O–H groups in total. The van der Waals surface area contributed by atoms with Crippen LogP contribution in [-0.4, -0.2) is 24.7 Å². The van der Waals surface area contributed by atoms with Crippen molar-refractivity contribution in [2.45, 2.75) is 39.7 Å². The van der Waals surface area contributed by atoms with Crippen LogP contribution in [-0.2, 0) is 9.53 Å². The third-order valence-electron chi connectivity index (χ3n) is 2.31. The highest BCUT2D eigenvalue weighted by atomic mass is 19.1. The van der Waals surface area contributed by atoms with E-state index in [9.17, 15) is 9.18 Å². The quantitative estimate of drug-likeness (QED) is 0.813. The Morgan fingerprint density at radius 1 is 1.35 bits per heavy atom. The van der Waals surface area contributed by atoms with Gasteiger partial charge >= 0.3 is 5.97 Å². The van der Waals surface area contributed by atoms with E-state index in [1.54, 1.807) is 19.1 Å².